The van der Waals surface area contributed by atoms with Crippen LogP contribution >= 0.6 is 0 Å². The summed E-state index contributed by atoms with van der Waals surface area (Å²) in [6.07, 6.45) is 14.9. The Bertz CT molecular complexity index is 746. The van der Waals surface area contributed by atoms with Gasteiger partial charge in [0.2, 0.25) is 5.91 Å². The van der Waals surface area contributed by atoms with E-state index in [0.717, 1.165) is 12.8 Å². The van der Waals surface area contributed by atoms with Gasteiger partial charge in [-0.2, -0.15) is 0 Å². The van der Waals surface area contributed by atoms with Crippen LogP contribution in [0.5, 0.6) is 0 Å². The maximum Gasteiger partial charge on any atom is 0.292 e. The number of carbonyl (C=O) groups is 1. The van der Waals surface area contributed by atoms with Crippen LogP contribution in [0.3, 0.4) is 0 Å². The molecule has 3 fully saturated rings. The second kappa shape index (κ2) is 9.46. The van der Waals surface area contributed by atoms with Crippen molar-refractivity contribution in [3.8, 4) is 0 Å². The normalized spacial score (nSPS) is 28.4. The number of carbonyl (C=O) groups excluding carboxylic acids is 1. The number of rotatable bonds is 4. The fourth-order valence-electron chi connectivity index (χ4n) is 6.37. The van der Waals surface area contributed by atoms with E-state index in [4.69, 9.17) is 0 Å². The Labute approximate surface area is 179 Å². The van der Waals surface area contributed by atoms with Gasteiger partial charge in [-0.05, 0) is 44.6 Å². The third kappa shape index (κ3) is 4.39. The van der Waals surface area contributed by atoms with Gasteiger partial charge in [-0.3, -0.25) is 19.8 Å². The molecule has 1 aliphatic carbocycles. The van der Waals surface area contributed by atoms with E-state index in [2.05, 4.69) is 4.90 Å². The van der Waals surface area contributed by atoms with Crippen molar-refractivity contribution in [2.75, 3.05) is 4.90 Å². The molecule has 3 atom stereocenters. The van der Waals surface area contributed by atoms with Crippen LogP contribution in [0.1, 0.15) is 84.0 Å². The average molecular weight is 414 g/mol. The fourth-order valence-corrected chi connectivity index (χ4v) is 6.37. The van der Waals surface area contributed by atoms with E-state index in [1.54, 1.807) is 30.0 Å². The van der Waals surface area contributed by atoms with Crippen molar-refractivity contribution in [1.29, 1.82) is 0 Å². The van der Waals surface area contributed by atoms with Crippen molar-refractivity contribution < 1.29 is 9.72 Å². The molecular formula is C24H35N3O3. The minimum Gasteiger partial charge on any atom is -0.303 e. The molecule has 6 heteroatoms. The van der Waals surface area contributed by atoms with Crippen LogP contribution in [0.4, 0.5) is 11.4 Å². The van der Waals surface area contributed by atoms with Crippen molar-refractivity contribution in [1.82, 2.24) is 4.90 Å². The van der Waals surface area contributed by atoms with Gasteiger partial charge in [0.1, 0.15) is 5.69 Å². The molecule has 1 aromatic rings. The number of piperidine rings is 2. The smallest absolute Gasteiger partial charge is 0.292 e. The molecule has 164 valence electrons. The van der Waals surface area contributed by atoms with Crippen LogP contribution in [0.15, 0.2) is 24.3 Å². The predicted octanol–water partition coefficient (Wildman–Crippen LogP) is 5.45. The number of hydrogen-bond donors (Lipinski definition) is 0. The van der Waals surface area contributed by atoms with Crippen LogP contribution in [0.2, 0.25) is 0 Å². The summed E-state index contributed by atoms with van der Waals surface area (Å²) < 4.78 is 0. The van der Waals surface area contributed by atoms with Crippen molar-refractivity contribution >= 4 is 17.3 Å². The number of para-hydroxylation sites is 2. The second-order valence-corrected chi connectivity index (χ2v) is 9.44. The Hall–Kier alpha value is -1.95. The fraction of sp³-hybridized carbons (Fsp3) is 0.708. The average Bonchev–Trinajstić information content (AvgIpc) is 2.67. The summed E-state index contributed by atoms with van der Waals surface area (Å²) in [5.74, 6) is -0.0909. The van der Waals surface area contributed by atoms with E-state index in [0.29, 0.717) is 23.8 Å². The minimum absolute atomic E-state index is 0.0281. The van der Waals surface area contributed by atoms with Crippen LogP contribution in [-0.2, 0) is 4.79 Å². The molecule has 0 radical (unpaired) electrons. The molecule has 0 aromatic heterocycles. The van der Waals surface area contributed by atoms with Crippen LogP contribution in [0.25, 0.3) is 0 Å². The Morgan fingerprint density at radius 1 is 0.933 bits per heavy atom. The molecule has 4 rings (SSSR count). The minimum atomic E-state index is -0.365. The Kier molecular flexibility index (Phi) is 6.71. The number of fused-ring (bicyclic) bond motifs is 2. The number of benzene rings is 1. The monoisotopic (exact) mass is 413 g/mol. The molecule has 1 aromatic carbocycles. The molecule has 2 saturated heterocycles. The summed E-state index contributed by atoms with van der Waals surface area (Å²) in [5.41, 5.74) is 0.484. The van der Waals surface area contributed by atoms with Crippen molar-refractivity contribution in [2.45, 2.75) is 108 Å². The quantitative estimate of drug-likeness (QED) is 0.486. The second-order valence-electron chi connectivity index (χ2n) is 9.44. The topological polar surface area (TPSA) is 66.7 Å². The van der Waals surface area contributed by atoms with Gasteiger partial charge in [-0.25, -0.2) is 0 Å². The molecule has 2 bridgehead atoms. The van der Waals surface area contributed by atoms with Gasteiger partial charge in [0.05, 0.1) is 4.92 Å². The van der Waals surface area contributed by atoms with Gasteiger partial charge in [0, 0.05) is 37.2 Å². The summed E-state index contributed by atoms with van der Waals surface area (Å²) in [6, 6.07) is 8.43. The highest BCUT2D eigenvalue weighted by molar-refractivity contribution is 5.94. The summed E-state index contributed by atoms with van der Waals surface area (Å²) >= 11 is 0. The van der Waals surface area contributed by atoms with E-state index in [-0.39, 0.29) is 22.6 Å². The number of nitrogens with zero attached hydrogens (tertiary/aromatic N) is 3. The maximum atomic E-state index is 12.7. The SMILES string of the molecule is CC(=O)N(c1ccccc1[N+](=O)[O-])[C@H]1C[C@H]2CCC[C@@H](C1)N2C1CCCCCCC1. The number of amides is 1. The van der Waals surface area contributed by atoms with Gasteiger partial charge >= 0.3 is 0 Å². The van der Waals surface area contributed by atoms with E-state index in [9.17, 15) is 14.9 Å². The summed E-state index contributed by atoms with van der Waals surface area (Å²) in [4.78, 5) is 28.5. The van der Waals surface area contributed by atoms with Gasteiger partial charge in [-0.1, -0.05) is 50.7 Å². The van der Waals surface area contributed by atoms with Crippen molar-refractivity contribution in [3.63, 3.8) is 0 Å². The molecule has 0 spiro atoms. The first-order chi connectivity index (χ1) is 14.6. The van der Waals surface area contributed by atoms with Gasteiger partial charge < -0.3 is 4.90 Å². The zero-order valence-corrected chi connectivity index (χ0v) is 18.2. The largest absolute Gasteiger partial charge is 0.303 e. The molecule has 6 nitrogen and oxygen atoms in total. The molecule has 2 heterocycles. The lowest BCUT2D eigenvalue weighted by Gasteiger charge is -2.54. The lowest BCUT2D eigenvalue weighted by atomic mass is 9.78. The number of nitro groups is 1. The Balaban J connectivity index is 1.58. The highest BCUT2D eigenvalue weighted by Gasteiger charge is 2.44. The predicted molar refractivity (Wildman–Crippen MR) is 119 cm³/mol. The van der Waals surface area contributed by atoms with Gasteiger partial charge in [0.25, 0.3) is 5.69 Å². The van der Waals surface area contributed by atoms with Crippen molar-refractivity contribution in [2.24, 2.45) is 0 Å². The Morgan fingerprint density at radius 2 is 1.50 bits per heavy atom. The number of anilines is 1. The molecule has 2 aliphatic heterocycles. The highest BCUT2D eigenvalue weighted by Crippen LogP contribution is 2.42. The molecule has 30 heavy (non-hydrogen) atoms. The van der Waals surface area contributed by atoms with Crippen LogP contribution < -0.4 is 4.90 Å². The summed E-state index contributed by atoms with van der Waals surface area (Å²) in [5, 5.41) is 11.6. The van der Waals surface area contributed by atoms with E-state index >= 15 is 0 Å². The standard InChI is InChI=1S/C24H35N3O3/c1-18(28)25(23-14-7-8-15-24(23)27(29)30)22-16-20-12-9-13-21(17-22)26(20)19-10-5-3-2-4-6-11-19/h7-8,14-15,19-22H,2-6,9-13,16-17H2,1H3/t20-,21+,22+. The zero-order chi connectivity index (χ0) is 21.1. The Morgan fingerprint density at radius 3 is 2.10 bits per heavy atom. The highest BCUT2D eigenvalue weighted by atomic mass is 16.6. The first kappa shape index (κ1) is 21.3. The lowest BCUT2D eigenvalue weighted by Crippen LogP contribution is -2.60. The van der Waals surface area contributed by atoms with Gasteiger partial charge in [0.15, 0.2) is 0 Å². The molecule has 1 saturated carbocycles. The molecule has 0 N–H and O–H groups in total. The molecule has 1 amide bonds. The third-order valence-corrected chi connectivity index (χ3v) is 7.54. The van der Waals surface area contributed by atoms with Crippen LogP contribution in [-0.4, -0.2) is 39.9 Å². The first-order valence-corrected chi connectivity index (χ1v) is 11.9. The first-order valence-electron chi connectivity index (χ1n) is 11.9. The van der Waals surface area contributed by atoms with Crippen molar-refractivity contribution in [3.05, 3.63) is 34.4 Å². The molecule has 0 unspecified atom stereocenters. The van der Waals surface area contributed by atoms with Gasteiger partial charge in [-0.15, -0.1) is 0 Å². The lowest BCUT2D eigenvalue weighted by molar-refractivity contribution is -0.384. The van der Waals surface area contributed by atoms with E-state index in [1.807, 2.05) is 0 Å². The number of nitro benzene ring substituents is 1. The van der Waals surface area contributed by atoms with E-state index in [1.165, 1.54) is 70.3 Å². The molecular weight excluding hydrogens is 378 g/mol. The zero-order valence-electron chi connectivity index (χ0n) is 18.2. The maximum absolute atomic E-state index is 12.7. The number of hydrogen-bond acceptors (Lipinski definition) is 4. The summed E-state index contributed by atoms with van der Waals surface area (Å²) in [6.45, 7) is 1.55. The van der Waals surface area contributed by atoms with Crippen LogP contribution in [0, 0.1) is 10.1 Å². The third-order valence-electron chi connectivity index (χ3n) is 7.54. The van der Waals surface area contributed by atoms with E-state index < -0.39 is 0 Å². The summed E-state index contributed by atoms with van der Waals surface area (Å²) in [7, 11) is 0. The molecule has 3 aliphatic rings.